The first kappa shape index (κ1) is 18.5. The number of aromatic nitrogens is 2. The van der Waals surface area contributed by atoms with Gasteiger partial charge in [0.05, 0.1) is 29.6 Å². The summed E-state index contributed by atoms with van der Waals surface area (Å²) in [4.78, 5) is 0. The molecule has 0 bridgehead atoms. The molecule has 2 N–H and O–H groups in total. The minimum atomic E-state index is -0.407. The van der Waals surface area contributed by atoms with E-state index in [1.54, 1.807) is 14.0 Å². The fourth-order valence-corrected chi connectivity index (χ4v) is 2.93. The van der Waals surface area contributed by atoms with E-state index in [2.05, 4.69) is 5.32 Å². The number of ether oxygens (including phenoxy) is 1. The molecule has 0 radical (unpaired) electrons. The van der Waals surface area contributed by atoms with Gasteiger partial charge in [0.15, 0.2) is 0 Å². The summed E-state index contributed by atoms with van der Waals surface area (Å²) in [5, 5.41) is 18.1. The summed E-state index contributed by atoms with van der Waals surface area (Å²) >= 11 is 6.38. The van der Waals surface area contributed by atoms with E-state index in [4.69, 9.17) is 21.4 Å². The molecule has 1 heterocycles. The number of methoxy groups -OCH3 is 1. The molecule has 1 atom stereocenters. The maximum Gasteiger partial charge on any atom is 0.119 e. The van der Waals surface area contributed by atoms with E-state index < -0.39 is 6.10 Å². The average molecular weight is 372 g/mol. The number of nitrogens with zero attached hydrogens (tertiary/aromatic N) is 2. The highest BCUT2D eigenvalue weighted by molar-refractivity contribution is 6.33. The third-order valence-corrected chi connectivity index (χ3v) is 4.34. The summed E-state index contributed by atoms with van der Waals surface area (Å²) < 4.78 is 7.04. The van der Waals surface area contributed by atoms with Crippen LogP contribution in [-0.4, -0.2) is 34.6 Å². The zero-order chi connectivity index (χ0) is 18.5. The Balaban J connectivity index is 1.97. The number of nitrogens with one attached hydrogen (secondary N) is 1. The molecule has 2 aromatic carbocycles. The van der Waals surface area contributed by atoms with Gasteiger partial charge in [-0.15, -0.1) is 0 Å². The highest BCUT2D eigenvalue weighted by Crippen LogP contribution is 2.30. The van der Waals surface area contributed by atoms with Crippen LogP contribution < -0.4 is 10.1 Å². The molecule has 0 spiro atoms. The number of benzene rings is 2. The lowest BCUT2D eigenvalue weighted by Gasteiger charge is -2.07. The molecular weight excluding hydrogens is 350 g/mol. The lowest BCUT2D eigenvalue weighted by Crippen LogP contribution is -2.23. The fraction of sp³-hybridized carbons (Fsp3) is 0.250. The number of halogens is 1. The van der Waals surface area contributed by atoms with Crippen LogP contribution in [-0.2, 0) is 6.54 Å². The van der Waals surface area contributed by atoms with Gasteiger partial charge in [-0.1, -0.05) is 29.8 Å². The Hall–Kier alpha value is -2.34. The van der Waals surface area contributed by atoms with Gasteiger partial charge < -0.3 is 15.2 Å². The summed E-state index contributed by atoms with van der Waals surface area (Å²) in [6.45, 7) is 2.85. The van der Waals surface area contributed by atoms with Gasteiger partial charge in [0.25, 0.3) is 0 Å². The van der Waals surface area contributed by atoms with E-state index in [1.807, 2.05) is 59.4 Å². The molecule has 0 fully saturated rings. The molecule has 0 saturated heterocycles. The van der Waals surface area contributed by atoms with E-state index in [-0.39, 0.29) is 0 Å². The van der Waals surface area contributed by atoms with Gasteiger partial charge in [-0.3, -0.25) is 0 Å². The number of aliphatic hydroxyl groups is 1. The van der Waals surface area contributed by atoms with Crippen LogP contribution in [0, 0.1) is 0 Å². The van der Waals surface area contributed by atoms with Crippen LogP contribution in [0.1, 0.15) is 12.5 Å². The number of hydrogen-bond acceptors (Lipinski definition) is 4. The van der Waals surface area contributed by atoms with E-state index in [9.17, 15) is 5.11 Å². The van der Waals surface area contributed by atoms with Gasteiger partial charge in [0, 0.05) is 30.4 Å². The second-order valence-electron chi connectivity index (χ2n) is 6.11. The Labute approximate surface area is 158 Å². The molecule has 6 heteroatoms. The largest absolute Gasteiger partial charge is 0.497 e. The van der Waals surface area contributed by atoms with Crippen molar-refractivity contribution in [1.29, 1.82) is 0 Å². The number of rotatable bonds is 7. The molecule has 0 aliphatic heterocycles. The van der Waals surface area contributed by atoms with Crippen LogP contribution in [0.15, 0.2) is 54.7 Å². The zero-order valence-electron chi connectivity index (χ0n) is 14.8. The normalized spacial score (nSPS) is 12.2. The van der Waals surface area contributed by atoms with Crippen molar-refractivity contribution in [2.24, 2.45) is 0 Å². The molecule has 1 aromatic heterocycles. The van der Waals surface area contributed by atoms with E-state index in [0.29, 0.717) is 18.1 Å². The van der Waals surface area contributed by atoms with E-state index in [0.717, 1.165) is 28.3 Å². The van der Waals surface area contributed by atoms with E-state index >= 15 is 0 Å². The van der Waals surface area contributed by atoms with Gasteiger partial charge in [0.1, 0.15) is 5.75 Å². The number of hydrogen-bond donors (Lipinski definition) is 2. The first-order valence-corrected chi connectivity index (χ1v) is 8.83. The second kappa shape index (κ2) is 8.36. The SMILES string of the molecule is COc1ccc(-n2cc(CNC[C@H](C)O)c(-c3ccccc3Cl)n2)cc1. The van der Waals surface area contributed by atoms with Gasteiger partial charge >= 0.3 is 0 Å². The van der Waals surface area contributed by atoms with Crippen molar-refractivity contribution in [1.82, 2.24) is 15.1 Å². The molecular formula is C20H22ClN3O2. The first-order valence-electron chi connectivity index (χ1n) is 8.45. The van der Waals surface area contributed by atoms with Gasteiger partial charge in [-0.25, -0.2) is 4.68 Å². The monoisotopic (exact) mass is 371 g/mol. The molecule has 0 amide bonds. The van der Waals surface area contributed by atoms with Crippen LogP contribution in [0.4, 0.5) is 0 Å². The smallest absolute Gasteiger partial charge is 0.119 e. The van der Waals surface area contributed by atoms with Crippen molar-refractivity contribution in [2.75, 3.05) is 13.7 Å². The van der Waals surface area contributed by atoms with Gasteiger partial charge in [-0.05, 0) is 37.3 Å². The number of aliphatic hydroxyl groups excluding tert-OH is 1. The van der Waals surface area contributed by atoms with Crippen LogP contribution >= 0.6 is 11.6 Å². The predicted molar refractivity (Wildman–Crippen MR) is 104 cm³/mol. The zero-order valence-corrected chi connectivity index (χ0v) is 15.6. The summed E-state index contributed by atoms with van der Waals surface area (Å²) in [5.74, 6) is 0.797. The topological polar surface area (TPSA) is 59.3 Å². The average Bonchev–Trinajstić information content (AvgIpc) is 3.06. The van der Waals surface area contributed by atoms with Crippen molar-refractivity contribution in [2.45, 2.75) is 19.6 Å². The maximum absolute atomic E-state index is 9.48. The van der Waals surface area contributed by atoms with Crippen LogP contribution in [0.2, 0.25) is 5.02 Å². The summed E-state index contributed by atoms with van der Waals surface area (Å²) in [7, 11) is 1.64. The molecule has 5 nitrogen and oxygen atoms in total. The Bertz CT molecular complexity index is 860. The van der Waals surface area contributed by atoms with Crippen molar-refractivity contribution >= 4 is 11.6 Å². The van der Waals surface area contributed by atoms with Crippen LogP contribution in [0.25, 0.3) is 16.9 Å². The van der Waals surface area contributed by atoms with Crippen LogP contribution in [0.3, 0.4) is 0 Å². The Morgan fingerprint density at radius 3 is 2.58 bits per heavy atom. The van der Waals surface area contributed by atoms with Crippen molar-refractivity contribution in [3.8, 4) is 22.7 Å². The van der Waals surface area contributed by atoms with Gasteiger partial charge in [0.2, 0.25) is 0 Å². The quantitative estimate of drug-likeness (QED) is 0.665. The molecule has 3 aromatic rings. The van der Waals surface area contributed by atoms with Crippen LogP contribution in [0.5, 0.6) is 5.75 Å². The first-order chi connectivity index (χ1) is 12.6. The highest BCUT2D eigenvalue weighted by Gasteiger charge is 2.14. The molecule has 3 rings (SSSR count). The summed E-state index contributed by atoms with van der Waals surface area (Å²) in [6.07, 6.45) is 1.57. The lowest BCUT2D eigenvalue weighted by atomic mass is 10.1. The third-order valence-electron chi connectivity index (χ3n) is 4.01. The minimum absolute atomic E-state index is 0.407. The maximum atomic E-state index is 9.48. The highest BCUT2D eigenvalue weighted by atomic mass is 35.5. The Morgan fingerprint density at radius 2 is 1.92 bits per heavy atom. The predicted octanol–water partition coefficient (Wildman–Crippen LogP) is 3.67. The van der Waals surface area contributed by atoms with Crippen molar-refractivity contribution in [3.63, 3.8) is 0 Å². The van der Waals surface area contributed by atoms with Gasteiger partial charge in [-0.2, -0.15) is 5.10 Å². The molecule has 0 saturated carbocycles. The van der Waals surface area contributed by atoms with E-state index in [1.165, 1.54) is 0 Å². The molecule has 26 heavy (non-hydrogen) atoms. The summed E-state index contributed by atoms with van der Waals surface area (Å²) in [6, 6.07) is 15.4. The molecule has 0 aliphatic rings. The second-order valence-corrected chi connectivity index (χ2v) is 6.51. The Kier molecular flexibility index (Phi) is 5.93. The van der Waals surface area contributed by atoms with Crippen molar-refractivity contribution in [3.05, 3.63) is 65.3 Å². The standard InChI is InChI=1S/C20H22ClN3O2/c1-14(25)11-22-12-15-13-24(16-7-9-17(26-2)10-8-16)23-20(15)18-5-3-4-6-19(18)21/h3-10,13-14,22,25H,11-12H2,1-2H3/t14-/m0/s1. The molecule has 0 aliphatic carbocycles. The molecule has 0 unspecified atom stereocenters. The third kappa shape index (κ3) is 4.25. The fourth-order valence-electron chi connectivity index (χ4n) is 2.70. The Morgan fingerprint density at radius 1 is 1.19 bits per heavy atom. The minimum Gasteiger partial charge on any atom is -0.497 e. The molecule has 136 valence electrons. The van der Waals surface area contributed by atoms with Crippen molar-refractivity contribution < 1.29 is 9.84 Å². The summed E-state index contributed by atoms with van der Waals surface area (Å²) in [5.41, 5.74) is 3.65. The lowest BCUT2D eigenvalue weighted by molar-refractivity contribution is 0.191.